The predicted molar refractivity (Wildman–Crippen MR) is 57.0 cm³/mol. The molecule has 0 amide bonds. The van der Waals surface area contributed by atoms with E-state index in [0.717, 1.165) is 6.29 Å². The van der Waals surface area contributed by atoms with Gasteiger partial charge in [0.25, 0.3) is 0 Å². The molecule has 0 spiro atoms. The Morgan fingerprint density at radius 1 is 1.43 bits per heavy atom. The lowest BCUT2D eigenvalue weighted by Crippen LogP contribution is -2.03. The summed E-state index contributed by atoms with van der Waals surface area (Å²) in [4.78, 5) is 12.2. The first-order valence-corrected chi connectivity index (χ1v) is 3.55. The van der Waals surface area contributed by atoms with Crippen LogP contribution in [0.1, 0.15) is 20.8 Å². The number of nitrogens with zero attached hydrogens (tertiary/aromatic N) is 2. The third kappa shape index (κ3) is 90.9. The van der Waals surface area contributed by atoms with E-state index in [0.29, 0.717) is 5.84 Å². The van der Waals surface area contributed by atoms with Gasteiger partial charge >= 0.3 is 0 Å². The number of amidine groups is 2. The highest BCUT2D eigenvalue weighted by Gasteiger charge is 1.65. The van der Waals surface area contributed by atoms with Crippen molar-refractivity contribution in [3.05, 3.63) is 0 Å². The Bertz CT molecular complexity index is 220. The van der Waals surface area contributed by atoms with Gasteiger partial charge < -0.3 is 21.5 Å². The van der Waals surface area contributed by atoms with E-state index in [4.69, 9.17) is 27.9 Å². The minimum atomic E-state index is 0.185. The number of carbonyl (C=O) groups excluding carboxylic acids is 1. The predicted octanol–water partition coefficient (Wildman–Crippen LogP) is -0.0879. The van der Waals surface area contributed by atoms with Crippen molar-refractivity contribution in [1.29, 1.82) is 0 Å². The van der Waals surface area contributed by atoms with Crippen LogP contribution in [0.2, 0.25) is 0 Å². The number of aldehydes is 1. The fourth-order valence-electron chi connectivity index (χ4n) is 0.102. The Hall–Kier alpha value is -2.03. The molecule has 0 rings (SSSR count). The van der Waals surface area contributed by atoms with Crippen LogP contribution in [0.3, 0.4) is 0 Å². The van der Waals surface area contributed by atoms with Crippen LogP contribution in [0, 0.1) is 12.5 Å². The molecule has 0 aromatic rings. The summed E-state index contributed by atoms with van der Waals surface area (Å²) in [5, 5.41) is 10.2. The van der Waals surface area contributed by atoms with Gasteiger partial charge in [-0.15, -0.1) is 0 Å². The van der Waals surface area contributed by atoms with Crippen LogP contribution >= 0.6 is 0 Å². The average molecular weight is 200 g/mol. The molecule has 0 heterocycles. The number of rotatable bonds is 0. The average Bonchev–Trinajstić information content (AvgIpc) is 2.06. The smallest absolute Gasteiger partial charge is 0.135 e. The van der Waals surface area contributed by atoms with Gasteiger partial charge in [0, 0.05) is 6.04 Å². The van der Waals surface area contributed by atoms with Gasteiger partial charge in [-0.05, 0) is 20.8 Å². The lowest BCUT2D eigenvalue weighted by Gasteiger charge is -1.74. The maximum Gasteiger partial charge on any atom is 0.135 e. The Labute approximate surface area is 83.7 Å². The Kier molecular flexibility index (Phi) is 22.0. The van der Waals surface area contributed by atoms with Crippen molar-refractivity contribution in [3.8, 4) is 12.5 Å². The molecule has 6 heteroatoms. The molecule has 14 heavy (non-hydrogen) atoms. The van der Waals surface area contributed by atoms with Gasteiger partial charge in [-0.2, -0.15) is 4.99 Å². The molecule has 6 nitrogen and oxygen atoms in total. The number of aliphatic imine (C=N–C) groups is 1. The zero-order valence-corrected chi connectivity index (χ0v) is 8.56. The molecule has 0 atom stereocenters. The third-order valence-electron chi connectivity index (χ3n) is 0.399. The number of hydrogen-bond acceptors (Lipinski definition) is 4. The SMILES string of the molecule is C#CN=C(C)N.CC(N)=NO.CC=O. The zero-order chi connectivity index (χ0) is 12.0. The normalized spacial score (nSPS) is 9.57. The summed E-state index contributed by atoms with van der Waals surface area (Å²) in [6, 6.07) is 2.03. The Morgan fingerprint density at radius 2 is 1.71 bits per heavy atom. The molecule has 0 aromatic heterocycles. The molecular formula is C8H16N4O2. The summed E-state index contributed by atoms with van der Waals surface area (Å²) in [6.45, 7) is 4.58. The lowest BCUT2D eigenvalue weighted by molar-refractivity contribution is -0.106. The van der Waals surface area contributed by atoms with Crippen molar-refractivity contribution in [1.82, 2.24) is 0 Å². The summed E-state index contributed by atoms with van der Waals surface area (Å²) >= 11 is 0. The van der Waals surface area contributed by atoms with Crippen molar-refractivity contribution in [2.75, 3.05) is 0 Å². The maximum atomic E-state index is 8.81. The minimum Gasteiger partial charge on any atom is -0.409 e. The zero-order valence-electron chi connectivity index (χ0n) is 8.56. The van der Waals surface area contributed by atoms with Crippen molar-refractivity contribution in [3.63, 3.8) is 0 Å². The molecule has 5 N–H and O–H groups in total. The second-order valence-electron chi connectivity index (χ2n) is 1.86. The first-order chi connectivity index (χ1) is 6.45. The van der Waals surface area contributed by atoms with Gasteiger partial charge in [-0.1, -0.05) is 11.6 Å². The summed E-state index contributed by atoms with van der Waals surface area (Å²) in [7, 11) is 0. The van der Waals surface area contributed by atoms with E-state index in [1.807, 2.05) is 6.04 Å². The number of nitrogens with two attached hydrogens (primary N) is 2. The first kappa shape index (κ1) is 17.9. The van der Waals surface area contributed by atoms with E-state index >= 15 is 0 Å². The molecule has 0 saturated carbocycles. The van der Waals surface area contributed by atoms with Gasteiger partial charge in [-0.3, -0.25) is 0 Å². The van der Waals surface area contributed by atoms with Gasteiger partial charge in [0.1, 0.15) is 18.0 Å². The molecule has 0 aliphatic heterocycles. The number of oxime groups is 1. The molecule has 0 saturated heterocycles. The lowest BCUT2D eigenvalue weighted by atomic mass is 10.7. The largest absolute Gasteiger partial charge is 0.409 e. The molecule has 80 valence electrons. The van der Waals surface area contributed by atoms with Gasteiger partial charge in [-0.25, -0.2) is 0 Å². The quantitative estimate of drug-likeness (QED) is 0.127. The van der Waals surface area contributed by atoms with Crippen LogP contribution in [0.25, 0.3) is 0 Å². The second-order valence-corrected chi connectivity index (χ2v) is 1.86. The Morgan fingerprint density at radius 3 is 1.71 bits per heavy atom. The monoisotopic (exact) mass is 200 g/mol. The van der Waals surface area contributed by atoms with Gasteiger partial charge in [0.15, 0.2) is 0 Å². The fourth-order valence-corrected chi connectivity index (χ4v) is 0.102. The van der Waals surface area contributed by atoms with E-state index in [2.05, 4.69) is 10.1 Å². The highest BCUT2D eigenvalue weighted by atomic mass is 16.4. The third-order valence-corrected chi connectivity index (χ3v) is 0.399. The van der Waals surface area contributed by atoms with Crippen LogP contribution in [0.15, 0.2) is 10.1 Å². The number of hydrogen-bond donors (Lipinski definition) is 3. The van der Waals surface area contributed by atoms with E-state index < -0.39 is 0 Å². The molecule has 0 aliphatic rings. The maximum absolute atomic E-state index is 8.81. The molecule has 0 aromatic carbocycles. The van der Waals surface area contributed by atoms with Crippen LogP contribution in [0.5, 0.6) is 0 Å². The topological polar surface area (TPSA) is 114 Å². The standard InChI is InChI=1S/C4H6N2.C2H6N2O.C2H4O/c1-3-6-4(2)5;1-2(3)4-5;1-2-3/h1H,2H3,(H2,5,6);5H,1H3,(H2,3,4);2H,1H3. The van der Waals surface area contributed by atoms with Crippen molar-refractivity contribution >= 4 is 18.0 Å². The molecule has 0 unspecified atom stereocenters. The highest BCUT2D eigenvalue weighted by molar-refractivity contribution is 5.78. The summed E-state index contributed by atoms with van der Waals surface area (Å²) in [6.07, 6.45) is 5.46. The second kappa shape index (κ2) is 17.2. The number of carbonyl (C=O) groups is 1. The van der Waals surface area contributed by atoms with E-state index in [-0.39, 0.29) is 5.84 Å². The van der Waals surface area contributed by atoms with Crippen molar-refractivity contribution in [2.45, 2.75) is 20.8 Å². The van der Waals surface area contributed by atoms with Crippen LogP contribution < -0.4 is 11.5 Å². The van der Waals surface area contributed by atoms with E-state index in [9.17, 15) is 0 Å². The summed E-state index contributed by atoms with van der Waals surface area (Å²) < 4.78 is 0. The number of terminal acetylenes is 1. The van der Waals surface area contributed by atoms with E-state index in [1.165, 1.54) is 13.8 Å². The van der Waals surface area contributed by atoms with Gasteiger partial charge in [0.2, 0.25) is 0 Å². The fraction of sp³-hybridized carbons (Fsp3) is 0.375. The molecule has 0 aliphatic carbocycles. The Balaban J connectivity index is -0.000000138. The van der Waals surface area contributed by atoms with Crippen LogP contribution in [-0.2, 0) is 4.79 Å². The van der Waals surface area contributed by atoms with E-state index in [1.54, 1.807) is 6.92 Å². The highest BCUT2D eigenvalue weighted by Crippen LogP contribution is 1.58. The first-order valence-electron chi connectivity index (χ1n) is 3.55. The summed E-state index contributed by atoms with van der Waals surface area (Å²) in [5.74, 6) is 0.613. The summed E-state index contributed by atoms with van der Waals surface area (Å²) in [5.41, 5.74) is 9.80. The van der Waals surface area contributed by atoms with Crippen molar-refractivity contribution < 1.29 is 10.0 Å². The minimum absolute atomic E-state index is 0.185. The molecule has 0 radical (unpaired) electrons. The van der Waals surface area contributed by atoms with Gasteiger partial charge in [0.05, 0.1) is 0 Å². The molecular weight excluding hydrogens is 184 g/mol. The van der Waals surface area contributed by atoms with Crippen LogP contribution in [-0.4, -0.2) is 23.2 Å². The van der Waals surface area contributed by atoms with Crippen molar-refractivity contribution in [2.24, 2.45) is 21.6 Å². The molecule has 0 fully saturated rings. The molecule has 0 bridgehead atoms. The van der Waals surface area contributed by atoms with Crippen LogP contribution in [0.4, 0.5) is 0 Å².